The molecule has 0 aliphatic heterocycles. The third-order valence-corrected chi connectivity index (χ3v) is 2.74. The number of furan rings is 1. The van der Waals surface area contributed by atoms with Gasteiger partial charge < -0.3 is 4.42 Å². The molecule has 0 aliphatic carbocycles. The van der Waals surface area contributed by atoms with E-state index in [1.165, 1.54) is 0 Å². The molecular weight excluding hydrogens is 268 g/mol. The molecule has 3 nitrogen and oxygen atoms in total. The number of nitrogens with zero attached hydrogens (tertiary/aromatic N) is 2. The highest BCUT2D eigenvalue weighted by molar-refractivity contribution is 9.10. The van der Waals surface area contributed by atoms with Crippen molar-refractivity contribution in [1.29, 1.82) is 0 Å². The van der Waals surface area contributed by atoms with Crippen molar-refractivity contribution >= 4 is 27.0 Å². The summed E-state index contributed by atoms with van der Waals surface area (Å²) in [7, 11) is 0. The molecule has 0 aliphatic rings. The van der Waals surface area contributed by atoms with Gasteiger partial charge in [0.15, 0.2) is 11.3 Å². The van der Waals surface area contributed by atoms with Crippen LogP contribution in [-0.2, 0) is 0 Å². The summed E-state index contributed by atoms with van der Waals surface area (Å²) in [6, 6.07) is 9.48. The van der Waals surface area contributed by atoms with Crippen LogP contribution in [-0.4, -0.2) is 9.97 Å². The van der Waals surface area contributed by atoms with Gasteiger partial charge in [-0.3, -0.25) is 9.97 Å². The van der Waals surface area contributed by atoms with Crippen LogP contribution < -0.4 is 0 Å². The average Bonchev–Trinajstić information content (AvgIpc) is 2.73. The van der Waals surface area contributed by atoms with Crippen LogP contribution in [0.1, 0.15) is 0 Å². The predicted octanol–water partition coefficient (Wildman–Crippen LogP) is 3.65. The van der Waals surface area contributed by atoms with Gasteiger partial charge in [0.05, 0.1) is 0 Å². The maximum absolute atomic E-state index is 5.65. The van der Waals surface area contributed by atoms with Crippen LogP contribution in [0.2, 0.25) is 0 Å². The molecule has 0 fully saturated rings. The molecule has 0 spiro atoms. The monoisotopic (exact) mass is 274 g/mol. The zero-order valence-corrected chi connectivity index (χ0v) is 9.81. The zero-order chi connectivity index (χ0) is 11.0. The van der Waals surface area contributed by atoms with Gasteiger partial charge in [0.2, 0.25) is 0 Å². The molecule has 3 rings (SSSR count). The zero-order valence-electron chi connectivity index (χ0n) is 8.22. The third-order valence-electron chi connectivity index (χ3n) is 2.27. The summed E-state index contributed by atoms with van der Waals surface area (Å²) in [5.41, 5.74) is 2.44. The Hall–Kier alpha value is -1.68. The van der Waals surface area contributed by atoms with Gasteiger partial charge in [-0.25, -0.2) is 0 Å². The topological polar surface area (TPSA) is 38.9 Å². The van der Waals surface area contributed by atoms with E-state index in [1.54, 1.807) is 12.4 Å². The van der Waals surface area contributed by atoms with E-state index in [-0.39, 0.29) is 0 Å². The fourth-order valence-electron chi connectivity index (χ4n) is 1.52. The Morgan fingerprint density at radius 2 is 2.06 bits per heavy atom. The highest BCUT2D eigenvalue weighted by atomic mass is 79.9. The maximum atomic E-state index is 5.65. The molecule has 0 bridgehead atoms. The summed E-state index contributed by atoms with van der Waals surface area (Å²) in [6.45, 7) is 0. The quantitative estimate of drug-likeness (QED) is 0.680. The molecule has 3 aromatic heterocycles. The Balaban J connectivity index is 2.15. The lowest BCUT2D eigenvalue weighted by molar-refractivity contribution is 0.628. The molecular formula is C12H7BrN2O. The van der Waals surface area contributed by atoms with Crippen LogP contribution in [0, 0.1) is 0 Å². The van der Waals surface area contributed by atoms with E-state index >= 15 is 0 Å². The molecule has 3 heterocycles. The molecule has 0 N–H and O–H groups in total. The second-order valence-electron chi connectivity index (χ2n) is 3.36. The van der Waals surface area contributed by atoms with Gasteiger partial charge in [0.1, 0.15) is 11.2 Å². The number of fused-ring (bicyclic) bond motifs is 1. The third kappa shape index (κ3) is 1.61. The molecule has 3 aromatic rings. The number of hydrogen-bond acceptors (Lipinski definition) is 3. The fourth-order valence-corrected chi connectivity index (χ4v) is 1.75. The lowest BCUT2D eigenvalue weighted by atomic mass is 10.3. The van der Waals surface area contributed by atoms with Crippen LogP contribution in [0.4, 0.5) is 0 Å². The average molecular weight is 275 g/mol. The number of pyridine rings is 2. The van der Waals surface area contributed by atoms with E-state index in [2.05, 4.69) is 25.9 Å². The van der Waals surface area contributed by atoms with Gasteiger partial charge in [-0.2, -0.15) is 0 Å². The second-order valence-corrected chi connectivity index (χ2v) is 4.27. The SMILES string of the molecule is Brc1ccc(-c2cc3ncccc3o2)nc1. The Morgan fingerprint density at radius 1 is 1.12 bits per heavy atom. The Kier molecular flexibility index (Phi) is 2.22. The summed E-state index contributed by atoms with van der Waals surface area (Å²) >= 11 is 3.35. The summed E-state index contributed by atoms with van der Waals surface area (Å²) in [5.74, 6) is 0.737. The van der Waals surface area contributed by atoms with Crippen molar-refractivity contribution in [3.63, 3.8) is 0 Å². The first-order valence-corrected chi connectivity index (χ1v) is 5.59. The lowest BCUT2D eigenvalue weighted by Gasteiger charge is -1.94. The second kappa shape index (κ2) is 3.72. The molecule has 16 heavy (non-hydrogen) atoms. The van der Waals surface area contributed by atoms with Gasteiger partial charge in [0.25, 0.3) is 0 Å². The summed E-state index contributed by atoms with van der Waals surface area (Å²) in [6.07, 6.45) is 3.49. The minimum atomic E-state index is 0.737. The van der Waals surface area contributed by atoms with Crippen LogP contribution in [0.15, 0.2) is 51.6 Å². The number of hydrogen-bond donors (Lipinski definition) is 0. The highest BCUT2D eigenvalue weighted by Crippen LogP contribution is 2.25. The number of halogens is 1. The summed E-state index contributed by atoms with van der Waals surface area (Å²) in [4.78, 5) is 8.49. The van der Waals surface area contributed by atoms with Gasteiger partial charge >= 0.3 is 0 Å². The van der Waals surface area contributed by atoms with Crippen molar-refractivity contribution in [3.05, 3.63) is 47.2 Å². The lowest BCUT2D eigenvalue weighted by Crippen LogP contribution is -1.78. The molecule has 0 radical (unpaired) electrons. The predicted molar refractivity (Wildman–Crippen MR) is 64.9 cm³/mol. The first-order valence-electron chi connectivity index (χ1n) is 4.79. The molecule has 0 atom stereocenters. The fraction of sp³-hybridized carbons (Fsp3) is 0. The normalized spacial score (nSPS) is 10.8. The van der Waals surface area contributed by atoms with Gasteiger partial charge in [-0.1, -0.05) is 0 Å². The van der Waals surface area contributed by atoms with Crippen molar-refractivity contribution in [2.24, 2.45) is 0 Å². The van der Waals surface area contributed by atoms with Gasteiger partial charge in [-0.05, 0) is 40.2 Å². The molecule has 0 aromatic carbocycles. The van der Waals surface area contributed by atoms with Crippen molar-refractivity contribution in [1.82, 2.24) is 9.97 Å². The minimum absolute atomic E-state index is 0.737. The van der Waals surface area contributed by atoms with E-state index < -0.39 is 0 Å². The molecule has 4 heteroatoms. The van der Waals surface area contributed by atoms with Crippen LogP contribution >= 0.6 is 15.9 Å². The van der Waals surface area contributed by atoms with Crippen LogP contribution in [0.25, 0.3) is 22.6 Å². The standard InChI is InChI=1S/C12H7BrN2O/c13-8-3-4-9(15-7-8)12-6-10-11(16-12)2-1-5-14-10/h1-7H. The first kappa shape index (κ1) is 9.54. The smallest absolute Gasteiger partial charge is 0.155 e. The highest BCUT2D eigenvalue weighted by Gasteiger charge is 2.07. The molecule has 78 valence electrons. The van der Waals surface area contributed by atoms with Crippen molar-refractivity contribution in [2.75, 3.05) is 0 Å². The van der Waals surface area contributed by atoms with Crippen molar-refractivity contribution in [3.8, 4) is 11.5 Å². The van der Waals surface area contributed by atoms with Crippen molar-refractivity contribution < 1.29 is 4.42 Å². The molecule has 0 saturated heterocycles. The van der Waals surface area contributed by atoms with E-state index in [1.807, 2.05) is 30.3 Å². The summed E-state index contributed by atoms with van der Waals surface area (Å²) in [5, 5.41) is 0. The summed E-state index contributed by atoms with van der Waals surface area (Å²) < 4.78 is 6.60. The van der Waals surface area contributed by atoms with Gasteiger partial charge in [-0.15, -0.1) is 0 Å². The number of rotatable bonds is 1. The largest absolute Gasteiger partial charge is 0.453 e. The Bertz CT molecular complexity index is 598. The molecule has 0 unspecified atom stereocenters. The minimum Gasteiger partial charge on any atom is -0.453 e. The number of aromatic nitrogens is 2. The first-order chi connectivity index (χ1) is 7.83. The van der Waals surface area contributed by atoms with E-state index in [4.69, 9.17) is 4.42 Å². The van der Waals surface area contributed by atoms with Crippen LogP contribution in [0.3, 0.4) is 0 Å². The molecule has 0 saturated carbocycles. The van der Waals surface area contributed by atoms with E-state index in [0.717, 1.165) is 27.0 Å². The Labute approximate surface area is 100 Å². The van der Waals surface area contributed by atoms with E-state index in [0.29, 0.717) is 0 Å². The Morgan fingerprint density at radius 3 is 2.81 bits per heavy atom. The molecule has 0 amide bonds. The van der Waals surface area contributed by atoms with Crippen LogP contribution in [0.5, 0.6) is 0 Å². The maximum Gasteiger partial charge on any atom is 0.155 e. The van der Waals surface area contributed by atoms with Crippen molar-refractivity contribution in [2.45, 2.75) is 0 Å². The van der Waals surface area contributed by atoms with Gasteiger partial charge in [0, 0.05) is 22.9 Å². The van der Waals surface area contributed by atoms with E-state index in [9.17, 15) is 0 Å².